The summed E-state index contributed by atoms with van der Waals surface area (Å²) in [6, 6.07) is 10.1. The van der Waals surface area contributed by atoms with E-state index >= 15 is 0 Å². The summed E-state index contributed by atoms with van der Waals surface area (Å²) < 4.78 is 7.44. The maximum atomic E-state index is 13.8. The van der Waals surface area contributed by atoms with Gasteiger partial charge in [-0.15, -0.1) is 0 Å². The van der Waals surface area contributed by atoms with Crippen molar-refractivity contribution >= 4 is 45.5 Å². The predicted molar refractivity (Wildman–Crippen MR) is 146 cm³/mol. The second kappa shape index (κ2) is 9.62. The van der Waals surface area contributed by atoms with Gasteiger partial charge in [-0.25, -0.2) is 4.98 Å². The van der Waals surface area contributed by atoms with Crippen molar-refractivity contribution < 1.29 is 14.6 Å². The smallest absolute Gasteiger partial charge is 0.259 e. The predicted octanol–water partition coefficient (Wildman–Crippen LogP) is 3.00. The van der Waals surface area contributed by atoms with Crippen LogP contribution < -0.4 is 14.5 Å². The third-order valence-electron chi connectivity index (χ3n) is 8.17. The third kappa shape index (κ3) is 3.74. The SMILES string of the molecule is COc1cc(N2C(=O)C3(CCC3)N(c3ccc4c(cnn4C4CCN(CCO)CC4)c3)C2=S)cnc1C#N. The minimum Gasteiger partial charge on any atom is -0.494 e. The molecule has 1 aromatic carbocycles. The first-order valence-corrected chi connectivity index (χ1v) is 13.3. The highest BCUT2D eigenvalue weighted by molar-refractivity contribution is 7.81. The average molecular weight is 532 g/mol. The van der Waals surface area contributed by atoms with E-state index < -0.39 is 5.54 Å². The first-order chi connectivity index (χ1) is 18.5. The normalized spacial score (nSPS) is 19.8. The van der Waals surface area contributed by atoms with E-state index in [-0.39, 0.29) is 18.2 Å². The molecule has 1 amide bonds. The molecule has 2 saturated heterocycles. The minimum atomic E-state index is -0.721. The molecule has 2 aliphatic heterocycles. The number of methoxy groups -OCH3 is 1. The second-order valence-corrected chi connectivity index (χ2v) is 10.5. The quantitative estimate of drug-likeness (QED) is 0.480. The number of fused-ring (bicyclic) bond motifs is 1. The van der Waals surface area contributed by atoms with Gasteiger partial charge in [0.25, 0.3) is 5.91 Å². The van der Waals surface area contributed by atoms with Crippen molar-refractivity contribution in [1.82, 2.24) is 19.7 Å². The number of aliphatic hydroxyl groups is 1. The number of pyridine rings is 1. The van der Waals surface area contributed by atoms with Gasteiger partial charge in [0, 0.05) is 36.8 Å². The van der Waals surface area contributed by atoms with Crippen molar-refractivity contribution in [2.45, 2.75) is 43.7 Å². The number of aliphatic hydroxyl groups excluding tert-OH is 1. The Hall–Kier alpha value is -3.59. The van der Waals surface area contributed by atoms with E-state index in [4.69, 9.17) is 22.1 Å². The summed E-state index contributed by atoms with van der Waals surface area (Å²) in [6.07, 6.45) is 7.75. The lowest BCUT2D eigenvalue weighted by Gasteiger charge is -2.43. The van der Waals surface area contributed by atoms with Gasteiger partial charge in [0.1, 0.15) is 11.6 Å². The molecule has 4 heterocycles. The fourth-order valence-electron chi connectivity index (χ4n) is 6.00. The zero-order valence-corrected chi connectivity index (χ0v) is 22.0. The topological polar surface area (TPSA) is 111 Å². The van der Waals surface area contributed by atoms with Crippen molar-refractivity contribution in [3.63, 3.8) is 0 Å². The minimum absolute atomic E-state index is 0.0762. The molecule has 3 aromatic rings. The molecule has 1 spiro atoms. The Balaban J connectivity index is 1.32. The molecule has 1 aliphatic carbocycles. The number of likely N-dealkylation sites (tertiary alicyclic amines) is 1. The van der Waals surface area contributed by atoms with Crippen LogP contribution in [0.1, 0.15) is 43.8 Å². The number of carbonyl (C=O) groups excluding carboxylic acids is 1. The number of nitriles is 1. The molecule has 10 nitrogen and oxygen atoms in total. The third-order valence-corrected chi connectivity index (χ3v) is 8.54. The molecule has 3 fully saturated rings. The summed E-state index contributed by atoms with van der Waals surface area (Å²) in [5.41, 5.74) is 1.86. The van der Waals surface area contributed by atoms with Crippen LogP contribution in [0.4, 0.5) is 11.4 Å². The number of anilines is 2. The Morgan fingerprint density at radius 1 is 1.21 bits per heavy atom. The first-order valence-electron chi connectivity index (χ1n) is 12.9. The van der Waals surface area contributed by atoms with Gasteiger partial charge < -0.3 is 19.6 Å². The largest absolute Gasteiger partial charge is 0.494 e. The number of piperidine rings is 1. The molecule has 2 aromatic heterocycles. The number of carbonyl (C=O) groups is 1. The van der Waals surface area contributed by atoms with E-state index in [1.807, 2.05) is 23.2 Å². The van der Waals surface area contributed by atoms with Crippen molar-refractivity contribution in [1.29, 1.82) is 5.26 Å². The zero-order valence-electron chi connectivity index (χ0n) is 21.2. The van der Waals surface area contributed by atoms with Crippen LogP contribution in [-0.2, 0) is 4.79 Å². The number of ether oxygens (including phenoxy) is 1. The highest BCUT2D eigenvalue weighted by Crippen LogP contribution is 2.48. The van der Waals surface area contributed by atoms with Crippen LogP contribution in [0.15, 0.2) is 36.7 Å². The van der Waals surface area contributed by atoms with E-state index in [1.165, 1.54) is 18.2 Å². The lowest BCUT2D eigenvalue weighted by atomic mass is 9.75. The van der Waals surface area contributed by atoms with Crippen LogP contribution in [0.5, 0.6) is 5.75 Å². The molecule has 3 aliphatic rings. The molecule has 1 saturated carbocycles. The van der Waals surface area contributed by atoms with Crippen molar-refractivity contribution in [2.24, 2.45) is 0 Å². The molecule has 196 valence electrons. The van der Waals surface area contributed by atoms with Gasteiger partial charge in [0.2, 0.25) is 0 Å². The molecule has 0 unspecified atom stereocenters. The number of benzene rings is 1. The molecular formula is C27H29N7O3S. The Bertz CT molecular complexity index is 1450. The summed E-state index contributed by atoms with van der Waals surface area (Å²) >= 11 is 5.91. The average Bonchev–Trinajstić information content (AvgIpc) is 3.44. The van der Waals surface area contributed by atoms with Crippen LogP contribution in [0.2, 0.25) is 0 Å². The van der Waals surface area contributed by atoms with Gasteiger partial charge >= 0.3 is 0 Å². The monoisotopic (exact) mass is 531 g/mol. The lowest BCUT2D eigenvalue weighted by molar-refractivity contribution is -0.123. The van der Waals surface area contributed by atoms with Gasteiger partial charge in [-0.2, -0.15) is 10.4 Å². The fourth-order valence-corrected chi connectivity index (χ4v) is 6.47. The summed E-state index contributed by atoms with van der Waals surface area (Å²) in [7, 11) is 1.47. The van der Waals surface area contributed by atoms with Crippen molar-refractivity contribution in [3.05, 3.63) is 42.4 Å². The number of nitrogens with zero attached hydrogens (tertiary/aromatic N) is 7. The Kier molecular flexibility index (Phi) is 6.26. The fraction of sp³-hybridized carbons (Fsp3) is 0.444. The molecule has 0 atom stereocenters. The second-order valence-electron chi connectivity index (χ2n) is 10.1. The van der Waals surface area contributed by atoms with Crippen LogP contribution in [-0.4, -0.2) is 74.7 Å². The highest BCUT2D eigenvalue weighted by atomic mass is 32.1. The maximum Gasteiger partial charge on any atom is 0.259 e. The van der Waals surface area contributed by atoms with Gasteiger partial charge in [0.05, 0.1) is 43.4 Å². The number of hydrogen-bond acceptors (Lipinski definition) is 8. The molecular weight excluding hydrogens is 502 g/mol. The van der Waals surface area contributed by atoms with E-state index in [1.54, 1.807) is 6.07 Å². The van der Waals surface area contributed by atoms with Crippen LogP contribution >= 0.6 is 12.2 Å². The van der Waals surface area contributed by atoms with Crippen LogP contribution in [0, 0.1) is 11.3 Å². The molecule has 1 N–H and O–H groups in total. The Labute approximate surface area is 226 Å². The number of rotatable bonds is 6. The Morgan fingerprint density at radius 3 is 2.66 bits per heavy atom. The van der Waals surface area contributed by atoms with Gasteiger partial charge in [-0.3, -0.25) is 14.4 Å². The van der Waals surface area contributed by atoms with Crippen LogP contribution in [0.3, 0.4) is 0 Å². The number of hydrogen-bond donors (Lipinski definition) is 1. The maximum absolute atomic E-state index is 13.8. The number of aromatic nitrogens is 3. The zero-order chi connectivity index (χ0) is 26.4. The van der Waals surface area contributed by atoms with E-state index in [2.05, 4.69) is 26.7 Å². The van der Waals surface area contributed by atoms with Gasteiger partial charge in [-0.05, 0) is 62.5 Å². The Morgan fingerprint density at radius 2 is 2.00 bits per heavy atom. The highest BCUT2D eigenvalue weighted by Gasteiger charge is 2.59. The number of amides is 1. The molecule has 38 heavy (non-hydrogen) atoms. The summed E-state index contributed by atoms with van der Waals surface area (Å²) in [5.74, 6) is 0.227. The first kappa shape index (κ1) is 24.7. The lowest BCUT2D eigenvalue weighted by Crippen LogP contribution is -2.55. The van der Waals surface area contributed by atoms with Gasteiger partial charge in [0.15, 0.2) is 16.6 Å². The molecule has 0 radical (unpaired) electrons. The molecule has 6 rings (SSSR count). The number of thiocarbonyl (C=S) groups is 1. The van der Waals surface area contributed by atoms with E-state index in [0.29, 0.717) is 42.0 Å². The molecule has 0 bridgehead atoms. The van der Waals surface area contributed by atoms with Crippen LogP contribution in [0.25, 0.3) is 10.9 Å². The van der Waals surface area contributed by atoms with Gasteiger partial charge in [-0.1, -0.05) is 0 Å². The van der Waals surface area contributed by atoms with Crippen molar-refractivity contribution in [2.75, 3.05) is 43.2 Å². The van der Waals surface area contributed by atoms with E-state index in [0.717, 1.165) is 48.9 Å². The summed E-state index contributed by atoms with van der Waals surface area (Å²) in [4.78, 5) is 23.8. The summed E-state index contributed by atoms with van der Waals surface area (Å²) in [6.45, 7) is 2.80. The van der Waals surface area contributed by atoms with E-state index in [9.17, 15) is 15.2 Å². The summed E-state index contributed by atoms with van der Waals surface area (Å²) in [5, 5.41) is 24.7. The number of β-amino-alcohol motifs (C(OH)–C–C–N with tert-alkyl or cyclic N) is 1. The van der Waals surface area contributed by atoms with Crippen molar-refractivity contribution in [3.8, 4) is 11.8 Å². The standard InChI is InChI=1S/C27H29N7O3S/c1-37-24-14-21(17-29-22(24)15-28)32-25(36)27(7-2-8-27)33(26(32)38)20-3-4-23-18(13-20)16-30-34(23)19-5-9-31(10-6-19)11-12-35/h3-4,13-14,16-17,19,35H,2,5-12H2,1H3. The molecule has 11 heteroatoms.